The van der Waals surface area contributed by atoms with E-state index in [0.717, 1.165) is 17.5 Å². The molecule has 0 aliphatic carbocycles. The van der Waals surface area contributed by atoms with Gasteiger partial charge >= 0.3 is 5.97 Å². The van der Waals surface area contributed by atoms with Crippen LogP contribution in [0.5, 0.6) is 0 Å². The van der Waals surface area contributed by atoms with E-state index in [9.17, 15) is 14.4 Å². The van der Waals surface area contributed by atoms with Gasteiger partial charge < -0.3 is 15.7 Å². The predicted molar refractivity (Wildman–Crippen MR) is 116 cm³/mol. The maximum atomic E-state index is 12.7. The van der Waals surface area contributed by atoms with Gasteiger partial charge in [-0.2, -0.15) is 0 Å². The van der Waals surface area contributed by atoms with Gasteiger partial charge in [-0.15, -0.1) is 0 Å². The number of carboxylic acids is 1. The molecule has 6 heteroatoms. The van der Waals surface area contributed by atoms with E-state index in [0.29, 0.717) is 12.8 Å². The summed E-state index contributed by atoms with van der Waals surface area (Å²) in [6.07, 6.45) is 1.64. The molecular weight excluding hydrogens is 380 g/mol. The molecule has 0 aliphatic rings. The van der Waals surface area contributed by atoms with Crippen molar-refractivity contribution in [1.29, 1.82) is 0 Å². The van der Waals surface area contributed by atoms with Crippen molar-refractivity contribution >= 4 is 17.8 Å². The standard InChI is InChI=1S/C24H30N2O4/c1-17-8-11-20(12-9-17)16-21(24(30)25-15-14-22(27)28)26-23(29)18(2)10-13-19-6-4-3-5-7-19/h3-9,11-12,18,21H,10,13-16H2,1-2H3,(H,25,30)(H,26,29)(H,27,28)/t18-,21+/m1/s1. The van der Waals surface area contributed by atoms with Crippen LogP contribution in [-0.4, -0.2) is 35.5 Å². The smallest absolute Gasteiger partial charge is 0.305 e. The van der Waals surface area contributed by atoms with Crippen molar-refractivity contribution in [3.63, 3.8) is 0 Å². The van der Waals surface area contributed by atoms with Crippen LogP contribution in [0.3, 0.4) is 0 Å². The highest BCUT2D eigenvalue weighted by molar-refractivity contribution is 5.88. The van der Waals surface area contributed by atoms with Gasteiger partial charge in [0, 0.05) is 18.9 Å². The highest BCUT2D eigenvalue weighted by atomic mass is 16.4. The SMILES string of the molecule is Cc1ccc(C[C@H](NC(=O)[C@H](C)CCc2ccccc2)C(=O)NCCC(=O)O)cc1. The van der Waals surface area contributed by atoms with Crippen LogP contribution in [0, 0.1) is 12.8 Å². The van der Waals surface area contributed by atoms with E-state index in [-0.39, 0.29) is 30.7 Å². The molecule has 0 unspecified atom stereocenters. The fourth-order valence-electron chi connectivity index (χ4n) is 3.06. The van der Waals surface area contributed by atoms with Crippen molar-refractivity contribution in [2.75, 3.05) is 6.54 Å². The van der Waals surface area contributed by atoms with E-state index in [4.69, 9.17) is 5.11 Å². The molecule has 2 aromatic rings. The van der Waals surface area contributed by atoms with Crippen molar-refractivity contribution in [3.8, 4) is 0 Å². The van der Waals surface area contributed by atoms with Crippen molar-refractivity contribution in [2.45, 2.75) is 45.6 Å². The molecule has 0 saturated heterocycles. The molecule has 6 nitrogen and oxygen atoms in total. The molecule has 0 aromatic heterocycles. The number of carbonyl (C=O) groups is 3. The minimum Gasteiger partial charge on any atom is -0.481 e. The van der Waals surface area contributed by atoms with Crippen LogP contribution in [0.1, 0.15) is 36.5 Å². The van der Waals surface area contributed by atoms with E-state index >= 15 is 0 Å². The number of aryl methyl sites for hydroxylation is 2. The predicted octanol–water partition coefficient (Wildman–Crippen LogP) is 2.88. The highest BCUT2D eigenvalue weighted by Gasteiger charge is 2.24. The van der Waals surface area contributed by atoms with Crippen molar-refractivity contribution in [1.82, 2.24) is 10.6 Å². The lowest BCUT2D eigenvalue weighted by Crippen LogP contribution is -2.49. The molecule has 0 fully saturated rings. The molecule has 2 amide bonds. The summed E-state index contributed by atoms with van der Waals surface area (Å²) in [5, 5.41) is 14.2. The van der Waals surface area contributed by atoms with Crippen LogP contribution >= 0.6 is 0 Å². The Morgan fingerprint density at radius 1 is 0.933 bits per heavy atom. The number of carbonyl (C=O) groups excluding carboxylic acids is 2. The Morgan fingerprint density at radius 2 is 1.60 bits per heavy atom. The van der Waals surface area contributed by atoms with E-state index < -0.39 is 12.0 Å². The van der Waals surface area contributed by atoms with Gasteiger partial charge in [0.2, 0.25) is 11.8 Å². The Morgan fingerprint density at radius 3 is 2.23 bits per heavy atom. The topological polar surface area (TPSA) is 95.5 Å². The molecule has 30 heavy (non-hydrogen) atoms. The molecular formula is C24H30N2O4. The monoisotopic (exact) mass is 410 g/mol. The maximum Gasteiger partial charge on any atom is 0.305 e. The van der Waals surface area contributed by atoms with Gasteiger partial charge in [-0.1, -0.05) is 67.1 Å². The van der Waals surface area contributed by atoms with Crippen LogP contribution in [0.25, 0.3) is 0 Å². The minimum atomic E-state index is -0.982. The van der Waals surface area contributed by atoms with Gasteiger partial charge in [0.25, 0.3) is 0 Å². The second kappa shape index (κ2) is 11.8. The summed E-state index contributed by atoms with van der Waals surface area (Å²) >= 11 is 0. The summed E-state index contributed by atoms with van der Waals surface area (Å²) in [7, 11) is 0. The first-order chi connectivity index (χ1) is 14.3. The number of benzene rings is 2. The molecule has 0 bridgehead atoms. The van der Waals surface area contributed by atoms with E-state index in [1.165, 1.54) is 5.56 Å². The van der Waals surface area contributed by atoms with Gasteiger partial charge in [0.1, 0.15) is 6.04 Å². The Kier molecular flexibility index (Phi) is 9.06. The van der Waals surface area contributed by atoms with E-state index in [1.54, 1.807) is 0 Å². The van der Waals surface area contributed by atoms with Crippen molar-refractivity contribution in [3.05, 3.63) is 71.3 Å². The normalized spacial score (nSPS) is 12.6. The fraction of sp³-hybridized carbons (Fsp3) is 0.375. The van der Waals surface area contributed by atoms with Crippen molar-refractivity contribution in [2.24, 2.45) is 5.92 Å². The number of amides is 2. The number of nitrogens with one attached hydrogen (secondary N) is 2. The van der Waals surface area contributed by atoms with Gasteiger partial charge in [0.15, 0.2) is 0 Å². The highest BCUT2D eigenvalue weighted by Crippen LogP contribution is 2.11. The summed E-state index contributed by atoms with van der Waals surface area (Å²) in [6.45, 7) is 3.86. The van der Waals surface area contributed by atoms with Gasteiger partial charge in [-0.05, 0) is 30.9 Å². The minimum absolute atomic E-state index is 0.0258. The van der Waals surface area contributed by atoms with Crippen LogP contribution < -0.4 is 10.6 Å². The lowest BCUT2D eigenvalue weighted by molar-refractivity contribution is -0.137. The average Bonchev–Trinajstić information content (AvgIpc) is 2.73. The summed E-state index contributed by atoms with van der Waals surface area (Å²) in [5.74, 6) is -1.79. The molecule has 0 heterocycles. The summed E-state index contributed by atoms with van der Waals surface area (Å²) in [4.78, 5) is 36.0. The fourth-order valence-corrected chi connectivity index (χ4v) is 3.06. The van der Waals surface area contributed by atoms with Crippen LogP contribution in [0.15, 0.2) is 54.6 Å². The zero-order chi connectivity index (χ0) is 21.9. The molecule has 3 N–H and O–H groups in total. The van der Waals surface area contributed by atoms with E-state index in [1.807, 2.05) is 68.4 Å². The zero-order valence-electron chi connectivity index (χ0n) is 17.6. The third-order valence-electron chi connectivity index (χ3n) is 4.99. The molecule has 2 aromatic carbocycles. The number of carboxylic acid groups (broad SMARTS) is 1. The zero-order valence-corrected chi connectivity index (χ0v) is 17.6. The first-order valence-electron chi connectivity index (χ1n) is 10.2. The Balaban J connectivity index is 1.98. The van der Waals surface area contributed by atoms with Gasteiger partial charge in [-0.25, -0.2) is 0 Å². The molecule has 160 valence electrons. The van der Waals surface area contributed by atoms with Crippen LogP contribution in [0.4, 0.5) is 0 Å². The Hall–Kier alpha value is -3.15. The van der Waals surface area contributed by atoms with Gasteiger partial charge in [-0.3, -0.25) is 14.4 Å². The number of aliphatic carboxylic acids is 1. The summed E-state index contributed by atoms with van der Waals surface area (Å²) in [5.41, 5.74) is 3.20. The second-order valence-corrected chi connectivity index (χ2v) is 7.61. The summed E-state index contributed by atoms with van der Waals surface area (Å²) in [6, 6.07) is 17.0. The van der Waals surface area contributed by atoms with Crippen LogP contribution in [-0.2, 0) is 27.2 Å². The molecule has 0 spiro atoms. The molecule has 0 saturated carbocycles. The first kappa shape index (κ1) is 23.1. The van der Waals surface area contributed by atoms with Gasteiger partial charge in [0.05, 0.1) is 6.42 Å². The Bertz CT molecular complexity index is 834. The quantitative estimate of drug-likeness (QED) is 0.531. The molecule has 2 atom stereocenters. The number of rotatable bonds is 11. The second-order valence-electron chi connectivity index (χ2n) is 7.61. The lowest BCUT2D eigenvalue weighted by Gasteiger charge is -2.21. The molecule has 0 radical (unpaired) electrons. The van der Waals surface area contributed by atoms with E-state index in [2.05, 4.69) is 10.6 Å². The third-order valence-corrected chi connectivity index (χ3v) is 4.99. The molecule has 2 rings (SSSR count). The largest absolute Gasteiger partial charge is 0.481 e. The van der Waals surface area contributed by atoms with Crippen molar-refractivity contribution < 1.29 is 19.5 Å². The average molecular weight is 411 g/mol. The third kappa shape index (κ3) is 8.07. The number of hydrogen-bond donors (Lipinski definition) is 3. The maximum absolute atomic E-state index is 12.7. The summed E-state index contributed by atoms with van der Waals surface area (Å²) < 4.78 is 0. The lowest BCUT2D eigenvalue weighted by atomic mass is 9.99. The molecule has 0 aliphatic heterocycles. The first-order valence-corrected chi connectivity index (χ1v) is 10.2. The number of hydrogen-bond acceptors (Lipinski definition) is 3. The Labute approximate surface area is 177 Å². The van der Waals surface area contributed by atoms with Crippen LogP contribution in [0.2, 0.25) is 0 Å².